The van der Waals surface area contributed by atoms with Crippen LogP contribution in [0.15, 0.2) is 12.1 Å². The Kier molecular flexibility index (Phi) is 6.21. The second-order valence-corrected chi connectivity index (χ2v) is 4.60. The highest BCUT2D eigenvalue weighted by Crippen LogP contribution is 2.05. The summed E-state index contributed by atoms with van der Waals surface area (Å²) in [6, 6.07) is 3.46. The molecule has 1 rings (SSSR count). The molecule has 0 bridgehead atoms. The van der Waals surface area contributed by atoms with Gasteiger partial charge >= 0.3 is 0 Å². The van der Waals surface area contributed by atoms with Gasteiger partial charge < -0.3 is 15.1 Å². The van der Waals surface area contributed by atoms with E-state index in [2.05, 4.69) is 20.4 Å². The minimum atomic E-state index is -0.0589. The fourth-order valence-corrected chi connectivity index (χ4v) is 1.72. The number of hydrogen-bond acceptors (Lipinski definition) is 5. The summed E-state index contributed by atoms with van der Waals surface area (Å²) in [5.41, 5.74) is 0.394. The van der Waals surface area contributed by atoms with E-state index in [1.807, 2.05) is 21.0 Å². The fourth-order valence-electron chi connectivity index (χ4n) is 1.72. The van der Waals surface area contributed by atoms with Crippen molar-refractivity contribution in [3.05, 3.63) is 17.8 Å². The summed E-state index contributed by atoms with van der Waals surface area (Å²) in [6.07, 6.45) is 0.953. The number of nitrogens with zero attached hydrogens (tertiary/aromatic N) is 4. The molecule has 1 amide bonds. The van der Waals surface area contributed by atoms with Gasteiger partial charge in [0.25, 0.3) is 5.91 Å². The van der Waals surface area contributed by atoms with E-state index in [9.17, 15) is 4.79 Å². The van der Waals surface area contributed by atoms with Crippen molar-refractivity contribution in [2.45, 2.75) is 13.3 Å². The van der Waals surface area contributed by atoms with E-state index < -0.39 is 0 Å². The van der Waals surface area contributed by atoms with Crippen LogP contribution in [-0.4, -0.2) is 66.7 Å². The number of amides is 1. The zero-order valence-electron chi connectivity index (χ0n) is 12.2. The Bertz CT molecular complexity index is 391. The Balaban J connectivity index is 2.61. The Labute approximate surface area is 114 Å². The van der Waals surface area contributed by atoms with E-state index in [-0.39, 0.29) is 5.91 Å². The van der Waals surface area contributed by atoms with Crippen molar-refractivity contribution in [2.75, 3.05) is 46.1 Å². The average Bonchev–Trinajstić information content (AvgIpc) is 2.43. The first-order chi connectivity index (χ1) is 9.08. The van der Waals surface area contributed by atoms with Crippen LogP contribution in [0.4, 0.5) is 5.82 Å². The summed E-state index contributed by atoms with van der Waals surface area (Å²) in [5.74, 6) is 0.601. The van der Waals surface area contributed by atoms with Crippen molar-refractivity contribution < 1.29 is 4.79 Å². The summed E-state index contributed by atoms with van der Waals surface area (Å²) in [5, 5.41) is 10.8. The van der Waals surface area contributed by atoms with Gasteiger partial charge in [0, 0.05) is 20.1 Å². The second kappa shape index (κ2) is 7.68. The largest absolute Gasteiger partial charge is 0.372 e. The van der Waals surface area contributed by atoms with Gasteiger partial charge in [0.1, 0.15) is 5.82 Å². The van der Waals surface area contributed by atoms with E-state index >= 15 is 0 Å². The highest BCUT2D eigenvalue weighted by Gasteiger charge is 2.15. The number of nitrogens with one attached hydrogen (secondary N) is 1. The van der Waals surface area contributed by atoms with Crippen LogP contribution in [0.25, 0.3) is 0 Å². The lowest BCUT2D eigenvalue weighted by atomic mass is 10.3. The summed E-state index contributed by atoms with van der Waals surface area (Å²) in [4.78, 5) is 16.1. The van der Waals surface area contributed by atoms with Gasteiger partial charge in [0.2, 0.25) is 0 Å². The third kappa shape index (κ3) is 4.82. The van der Waals surface area contributed by atoms with E-state index in [1.165, 1.54) is 0 Å². The molecule has 0 atom stereocenters. The Morgan fingerprint density at radius 3 is 2.47 bits per heavy atom. The fraction of sp³-hybridized carbons (Fsp3) is 0.615. The number of carbonyl (C=O) groups excluding carboxylic acids is 1. The summed E-state index contributed by atoms with van der Waals surface area (Å²) in [6.45, 7) is 4.36. The molecular weight excluding hydrogens is 242 g/mol. The highest BCUT2D eigenvalue weighted by molar-refractivity contribution is 5.92. The van der Waals surface area contributed by atoms with Crippen LogP contribution in [0.1, 0.15) is 23.8 Å². The third-order valence-corrected chi connectivity index (χ3v) is 2.84. The lowest BCUT2D eigenvalue weighted by Gasteiger charge is -2.21. The minimum absolute atomic E-state index is 0.0589. The van der Waals surface area contributed by atoms with Crippen molar-refractivity contribution in [1.82, 2.24) is 20.0 Å². The lowest BCUT2D eigenvalue weighted by molar-refractivity contribution is 0.0752. The molecule has 0 aliphatic rings. The predicted octanol–water partition coefficient (Wildman–Crippen LogP) is 0.932. The number of carbonyl (C=O) groups is 1. The molecule has 0 aliphatic carbocycles. The van der Waals surface area contributed by atoms with Crippen molar-refractivity contribution in [3.63, 3.8) is 0 Å². The molecule has 0 radical (unpaired) electrons. The molecule has 1 aromatic heterocycles. The Morgan fingerprint density at radius 1 is 1.26 bits per heavy atom. The number of aromatic nitrogens is 2. The van der Waals surface area contributed by atoms with Gasteiger partial charge in [0.05, 0.1) is 0 Å². The molecule has 106 valence electrons. The van der Waals surface area contributed by atoms with Gasteiger partial charge in [-0.3, -0.25) is 4.79 Å². The smallest absolute Gasteiger partial charge is 0.274 e. The van der Waals surface area contributed by atoms with Gasteiger partial charge in [-0.2, -0.15) is 0 Å². The van der Waals surface area contributed by atoms with Crippen LogP contribution in [0.3, 0.4) is 0 Å². The van der Waals surface area contributed by atoms with Crippen LogP contribution in [0.5, 0.6) is 0 Å². The van der Waals surface area contributed by atoms with Crippen LogP contribution in [-0.2, 0) is 0 Å². The molecule has 0 saturated heterocycles. The van der Waals surface area contributed by atoms with Crippen LogP contribution >= 0.6 is 0 Å². The third-order valence-electron chi connectivity index (χ3n) is 2.84. The van der Waals surface area contributed by atoms with Crippen molar-refractivity contribution in [2.24, 2.45) is 0 Å². The van der Waals surface area contributed by atoms with Gasteiger partial charge in [-0.15, -0.1) is 10.2 Å². The van der Waals surface area contributed by atoms with Crippen LogP contribution < -0.4 is 5.32 Å². The molecule has 0 unspecified atom stereocenters. The first kappa shape index (κ1) is 15.4. The molecule has 6 heteroatoms. The first-order valence-electron chi connectivity index (χ1n) is 6.54. The molecule has 1 heterocycles. The van der Waals surface area contributed by atoms with E-state index in [4.69, 9.17) is 0 Å². The van der Waals surface area contributed by atoms with Crippen molar-refractivity contribution in [1.29, 1.82) is 0 Å². The maximum atomic E-state index is 12.2. The number of hydrogen-bond donors (Lipinski definition) is 1. The molecule has 1 N–H and O–H groups in total. The zero-order valence-corrected chi connectivity index (χ0v) is 12.2. The molecule has 0 fully saturated rings. The van der Waals surface area contributed by atoms with Crippen molar-refractivity contribution >= 4 is 11.7 Å². The molecule has 0 saturated carbocycles. The van der Waals surface area contributed by atoms with Crippen LogP contribution in [0.2, 0.25) is 0 Å². The highest BCUT2D eigenvalue weighted by atomic mass is 16.2. The molecule has 0 aliphatic heterocycles. The van der Waals surface area contributed by atoms with Gasteiger partial charge in [-0.25, -0.2) is 0 Å². The quantitative estimate of drug-likeness (QED) is 0.795. The Hall–Kier alpha value is -1.69. The van der Waals surface area contributed by atoms with E-state index in [0.29, 0.717) is 18.1 Å². The average molecular weight is 265 g/mol. The van der Waals surface area contributed by atoms with E-state index in [1.54, 1.807) is 24.1 Å². The standard InChI is InChI=1S/C13H23N5O/c1-5-18(10-6-9-17(3)4)13(19)11-7-8-12(14-2)16-15-11/h7-8H,5-6,9-10H2,1-4H3,(H,14,16). The normalized spacial score (nSPS) is 10.6. The number of anilines is 1. The van der Waals surface area contributed by atoms with E-state index in [0.717, 1.165) is 19.5 Å². The molecule has 0 spiro atoms. The monoisotopic (exact) mass is 265 g/mol. The zero-order chi connectivity index (χ0) is 14.3. The Morgan fingerprint density at radius 2 is 2.00 bits per heavy atom. The molecular formula is C13H23N5O. The predicted molar refractivity (Wildman–Crippen MR) is 76.3 cm³/mol. The maximum Gasteiger partial charge on any atom is 0.274 e. The number of rotatable bonds is 7. The molecule has 1 aromatic rings. The first-order valence-corrected chi connectivity index (χ1v) is 6.54. The minimum Gasteiger partial charge on any atom is -0.372 e. The summed E-state index contributed by atoms with van der Waals surface area (Å²) in [7, 11) is 5.82. The lowest BCUT2D eigenvalue weighted by Crippen LogP contribution is -2.33. The molecule has 19 heavy (non-hydrogen) atoms. The summed E-state index contributed by atoms with van der Waals surface area (Å²) >= 11 is 0. The molecule has 0 aromatic carbocycles. The summed E-state index contributed by atoms with van der Waals surface area (Å²) < 4.78 is 0. The van der Waals surface area contributed by atoms with Crippen molar-refractivity contribution in [3.8, 4) is 0 Å². The van der Waals surface area contributed by atoms with Gasteiger partial charge in [-0.05, 0) is 46.1 Å². The van der Waals surface area contributed by atoms with Gasteiger partial charge in [-0.1, -0.05) is 0 Å². The SMILES string of the molecule is CCN(CCCN(C)C)C(=O)c1ccc(NC)nn1. The maximum absolute atomic E-state index is 12.2. The topological polar surface area (TPSA) is 61.4 Å². The second-order valence-electron chi connectivity index (χ2n) is 4.60. The molecule has 6 nitrogen and oxygen atoms in total. The van der Waals surface area contributed by atoms with Crippen LogP contribution in [0, 0.1) is 0 Å². The van der Waals surface area contributed by atoms with Gasteiger partial charge in [0.15, 0.2) is 5.69 Å².